The van der Waals surface area contributed by atoms with Gasteiger partial charge in [-0.25, -0.2) is 0 Å². The van der Waals surface area contributed by atoms with Crippen LogP contribution in [0.15, 0.2) is 45.8 Å². The van der Waals surface area contributed by atoms with Crippen LogP contribution in [0.3, 0.4) is 0 Å². The minimum Gasteiger partial charge on any atom is -0.476 e. The van der Waals surface area contributed by atoms with E-state index in [1.807, 2.05) is 0 Å². The van der Waals surface area contributed by atoms with E-state index in [-0.39, 0.29) is 17.8 Å². The molecule has 1 aromatic carbocycles. The lowest BCUT2D eigenvalue weighted by atomic mass is 10.2. The number of carbonyl (C=O) groups excluding carboxylic acids is 2. The first-order valence-corrected chi connectivity index (χ1v) is 6.38. The van der Waals surface area contributed by atoms with Crippen molar-refractivity contribution in [3.05, 3.63) is 58.1 Å². The highest BCUT2D eigenvalue weighted by atomic mass is 16.5. The van der Waals surface area contributed by atoms with Gasteiger partial charge in [0.15, 0.2) is 6.61 Å². The van der Waals surface area contributed by atoms with Crippen LogP contribution in [-0.2, 0) is 4.79 Å². The molecule has 0 aliphatic heterocycles. The number of hydrogen-bond donors (Lipinski definition) is 2. The number of carbonyl (C=O) groups is 2. The molecule has 0 spiro atoms. The molecule has 1 aromatic heterocycles. The van der Waals surface area contributed by atoms with Gasteiger partial charge in [0.2, 0.25) is 17.1 Å². The topological polar surface area (TPSA) is 112 Å². The van der Waals surface area contributed by atoms with E-state index in [2.05, 4.69) is 5.32 Å². The normalized spacial score (nSPS) is 10.0. The lowest BCUT2D eigenvalue weighted by molar-refractivity contribution is -0.118. The Hall–Kier alpha value is -3.09. The zero-order valence-corrected chi connectivity index (χ0v) is 11.8. The first-order chi connectivity index (χ1) is 10.5. The number of nitrogens with two attached hydrogens (primary N) is 1. The highest BCUT2D eigenvalue weighted by molar-refractivity contribution is 5.95. The number of primary amides is 1. The third-order valence-electron chi connectivity index (χ3n) is 2.81. The number of rotatable bonds is 5. The third kappa shape index (κ3) is 3.72. The summed E-state index contributed by atoms with van der Waals surface area (Å²) in [6, 6.07) is 7.28. The van der Waals surface area contributed by atoms with Crippen LogP contribution in [0.2, 0.25) is 0 Å². The lowest BCUT2D eigenvalue weighted by Crippen LogP contribution is -2.22. The molecule has 0 saturated heterocycles. The van der Waals surface area contributed by atoms with Gasteiger partial charge in [0, 0.05) is 17.3 Å². The first kappa shape index (κ1) is 15.3. The molecular formula is C15H14N2O5. The summed E-state index contributed by atoms with van der Waals surface area (Å²) in [4.78, 5) is 34.3. The van der Waals surface area contributed by atoms with Crippen LogP contribution in [0.5, 0.6) is 5.75 Å². The maximum absolute atomic E-state index is 11.8. The van der Waals surface area contributed by atoms with Crippen molar-refractivity contribution in [2.24, 2.45) is 5.73 Å². The Labute approximate surface area is 125 Å². The van der Waals surface area contributed by atoms with Crippen LogP contribution >= 0.6 is 0 Å². The van der Waals surface area contributed by atoms with Crippen molar-refractivity contribution in [1.29, 1.82) is 0 Å². The van der Waals surface area contributed by atoms with E-state index in [0.29, 0.717) is 17.0 Å². The Morgan fingerprint density at radius 2 is 1.91 bits per heavy atom. The average molecular weight is 302 g/mol. The summed E-state index contributed by atoms with van der Waals surface area (Å²) in [5, 5.41) is 2.57. The molecule has 2 rings (SSSR count). The number of amides is 2. The molecule has 2 amide bonds. The summed E-state index contributed by atoms with van der Waals surface area (Å²) < 4.78 is 10.2. The predicted octanol–water partition coefficient (Wildman–Crippen LogP) is 1.06. The molecule has 0 bridgehead atoms. The number of aryl methyl sites for hydroxylation is 1. The zero-order chi connectivity index (χ0) is 16.1. The third-order valence-corrected chi connectivity index (χ3v) is 2.81. The minimum atomic E-state index is -0.549. The van der Waals surface area contributed by atoms with E-state index >= 15 is 0 Å². The molecule has 0 unspecified atom stereocenters. The molecule has 2 aromatic rings. The Balaban J connectivity index is 1.96. The highest BCUT2D eigenvalue weighted by Gasteiger charge is 2.10. The largest absolute Gasteiger partial charge is 0.476 e. The smallest absolute Gasteiger partial charge is 0.262 e. The van der Waals surface area contributed by atoms with Crippen molar-refractivity contribution >= 4 is 17.5 Å². The Bertz CT molecular complexity index is 749. The van der Waals surface area contributed by atoms with Crippen LogP contribution in [-0.4, -0.2) is 18.4 Å². The maximum Gasteiger partial charge on any atom is 0.262 e. The van der Waals surface area contributed by atoms with Gasteiger partial charge in [0.05, 0.1) is 6.26 Å². The first-order valence-electron chi connectivity index (χ1n) is 6.38. The van der Waals surface area contributed by atoms with E-state index in [1.54, 1.807) is 19.1 Å². The maximum atomic E-state index is 11.8. The SMILES string of the molecule is Cc1occc(=O)c1OCC(=O)Nc1ccc(C(N)=O)cc1. The van der Waals surface area contributed by atoms with Crippen LogP contribution in [0.25, 0.3) is 0 Å². The zero-order valence-electron chi connectivity index (χ0n) is 11.8. The summed E-state index contributed by atoms with van der Waals surface area (Å²) >= 11 is 0. The standard InChI is InChI=1S/C15H14N2O5/c1-9-14(12(18)6-7-21-9)22-8-13(19)17-11-4-2-10(3-5-11)15(16)20/h2-7H,8H2,1H3,(H2,16,20)(H,17,19). The van der Waals surface area contributed by atoms with E-state index in [0.717, 1.165) is 0 Å². The number of benzene rings is 1. The van der Waals surface area contributed by atoms with Gasteiger partial charge in [0.25, 0.3) is 5.91 Å². The van der Waals surface area contributed by atoms with Gasteiger partial charge >= 0.3 is 0 Å². The van der Waals surface area contributed by atoms with E-state index in [9.17, 15) is 14.4 Å². The van der Waals surface area contributed by atoms with Gasteiger partial charge in [0.1, 0.15) is 5.76 Å². The van der Waals surface area contributed by atoms with Crippen molar-refractivity contribution < 1.29 is 18.7 Å². The molecule has 0 fully saturated rings. The van der Waals surface area contributed by atoms with Crippen LogP contribution in [0.1, 0.15) is 16.1 Å². The molecule has 0 radical (unpaired) electrons. The van der Waals surface area contributed by atoms with Crippen molar-refractivity contribution in [3.8, 4) is 5.75 Å². The summed E-state index contributed by atoms with van der Waals surface area (Å²) in [5.41, 5.74) is 5.58. The fraction of sp³-hybridized carbons (Fsp3) is 0.133. The second-order valence-electron chi connectivity index (χ2n) is 4.45. The van der Waals surface area contributed by atoms with Gasteiger partial charge in [-0.2, -0.15) is 0 Å². The number of anilines is 1. The molecule has 0 aliphatic carbocycles. The second-order valence-corrected chi connectivity index (χ2v) is 4.45. The lowest BCUT2D eigenvalue weighted by Gasteiger charge is -2.08. The number of nitrogens with one attached hydrogen (secondary N) is 1. The molecule has 22 heavy (non-hydrogen) atoms. The van der Waals surface area contributed by atoms with Crippen LogP contribution in [0.4, 0.5) is 5.69 Å². The quantitative estimate of drug-likeness (QED) is 0.858. The average Bonchev–Trinajstić information content (AvgIpc) is 2.47. The van der Waals surface area contributed by atoms with E-state index < -0.39 is 11.8 Å². The van der Waals surface area contributed by atoms with Crippen molar-refractivity contribution in [2.75, 3.05) is 11.9 Å². The van der Waals surface area contributed by atoms with Gasteiger partial charge in [-0.1, -0.05) is 0 Å². The summed E-state index contributed by atoms with van der Waals surface area (Å²) in [7, 11) is 0. The molecule has 7 nitrogen and oxygen atoms in total. The molecule has 1 heterocycles. The van der Waals surface area contributed by atoms with Crippen LogP contribution < -0.4 is 21.2 Å². The molecule has 0 saturated carbocycles. The Morgan fingerprint density at radius 1 is 1.23 bits per heavy atom. The molecule has 0 atom stereocenters. The molecule has 3 N–H and O–H groups in total. The molecule has 114 valence electrons. The summed E-state index contributed by atoms with van der Waals surface area (Å²) in [6.07, 6.45) is 1.25. The monoisotopic (exact) mass is 302 g/mol. The Morgan fingerprint density at radius 3 is 2.50 bits per heavy atom. The minimum absolute atomic E-state index is 0.00160. The fourth-order valence-electron chi connectivity index (χ4n) is 1.73. The summed E-state index contributed by atoms with van der Waals surface area (Å²) in [5.74, 6) is -0.699. The Kier molecular flexibility index (Phi) is 4.57. The van der Waals surface area contributed by atoms with Gasteiger partial charge in [-0.15, -0.1) is 0 Å². The van der Waals surface area contributed by atoms with Crippen molar-refractivity contribution in [1.82, 2.24) is 0 Å². The van der Waals surface area contributed by atoms with E-state index in [1.165, 1.54) is 24.5 Å². The molecule has 0 aliphatic rings. The second kappa shape index (κ2) is 6.57. The van der Waals surface area contributed by atoms with Gasteiger partial charge in [-0.05, 0) is 31.2 Å². The van der Waals surface area contributed by atoms with Crippen molar-refractivity contribution in [3.63, 3.8) is 0 Å². The predicted molar refractivity (Wildman–Crippen MR) is 78.8 cm³/mol. The van der Waals surface area contributed by atoms with Crippen LogP contribution in [0, 0.1) is 6.92 Å². The van der Waals surface area contributed by atoms with Crippen molar-refractivity contribution in [2.45, 2.75) is 6.92 Å². The number of hydrogen-bond acceptors (Lipinski definition) is 5. The molecule has 7 heteroatoms. The molecular weight excluding hydrogens is 288 g/mol. The van der Waals surface area contributed by atoms with Gasteiger partial charge < -0.3 is 20.2 Å². The fourth-order valence-corrected chi connectivity index (χ4v) is 1.73. The van der Waals surface area contributed by atoms with Gasteiger partial charge in [-0.3, -0.25) is 14.4 Å². The number of ether oxygens (including phenoxy) is 1. The highest BCUT2D eigenvalue weighted by Crippen LogP contribution is 2.12. The summed E-state index contributed by atoms with van der Waals surface area (Å²) in [6.45, 7) is 1.23. The van der Waals surface area contributed by atoms with E-state index in [4.69, 9.17) is 14.9 Å².